The molecule has 1 aliphatic rings. The van der Waals surface area contributed by atoms with Gasteiger partial charge < -0.3 is 20.1 Å². The maximum atomic E-state index is 12.4. The van der Waals surface area contributed by atoms with E-state index < -0.39 is 0 Å². The van der Waals surface area contributed by atoms with E-state index in [-0.39, 0.29) is 17.7 Å². The predicted octanol–water partition coefficient (Wildman–Crippen LogP) is 0.0995. The lowest BCUT2D eigenvalue weighted by Gasteiger charge is -2.22. The van der Waals surface area contributed by atoms with Crippen LogP contribution in [0, 0.1) is 19.8 Å². The van der Waals surface area contributed by atoms with E-state index in [4.69, 9.17) is 10.3 Å². The summed E-state index contributed by atoms with van der Waals surface area (Å²) in [6.45, 7) is 6.11. The van der Waals surface area contributed by atoms with Crippen LogP contribution in [0.4, 0.5) is 0 Å². The van der Waals surface area contributed by atoms with Crippen molar-refractivity contribution in [2.45, 2.75) is 26.7 Å². The first-order valence-electron chi connectivity index (χ1n) is 7.56. The second kappa shape index (κ2) is 6.91. The molecule has 1 aromatic rings. The Kier molecular flexibility index (Phi) is 5.18. The lowest BCUT2D eigenvalue weighted by atomic mass is 10.1. The molecule has 0 spiro atoms. The highest BCUT2D eigenvalue weighted by Gasteiger charge is 2.27. The Balaban J connectivity index is 1.97. The van der Waals surface area contributed by atoms with Gasteiger partial charge in [0.2, 0.25) is 11.8 Å². The molecular formula is C15H24N4O3. The van der Waals surface area contributed by atoms with Crippen molar-refractivity contribution in [2.75, 3.05) is 33.2 Å². The Morgan fingerprint density at radius 1 is 1.32 bits per heavy atom. The number of hydrogen-bond donors (Lipinski definition) is 1. The summed E-state index contributed by atoms with van der Waals surface area (Å²) in [6, 6.07) is 0. The second-order valence-electron chi connectivity index (χ2n) is 6.00. The average Bonchev–Trinajstić information content (AvgIpc) is 2.66. The van der Waals surface area contributed by atoms with Crippen molar-refractivity contribution in [3.63, 3.8) is 0 Å². The van der Waals surface area contributed by atoms with Crippen LogP contribution >= 0.6 is 0 Å². The fourth-order valence-electron chi connectivity index (χ4n) is 2.83. The third kappa shape index (κ3) is 3.85. The van der Waals surface area contributed by atoms with Crippen molar-refractivity contribution in [2.24, 2.45) is 11.7 Å². The molecule has 0 aromatic carbocycles. The minimum absolute atomic E-state index is 0.0431. The van der Waals surface area contributed by atoms with Gasteiger partial charge in [0.25, 0.3) is 0 Å². The minimum atomic E-state index is -0.350. The second-order valence-corrected chi connectivity index (χ2v) is 6.00. The Morgan fingerprint density at radius 2 is 2.05 bits per heavy atom. The monoisotopic (exact) mass is 308 g/mol. The number of aryl methyl sites for hydroxylation is 2. The molecule has 1 atom stereocenters. The van der Waals surface area contributed by atoms with Crippen molar-refractivity contribution < 1.29 is 14.1 Å². The van der Waals surface area contributed by atoms with Crippen molar-refractivity contribution in [3.05, 3.63) is 17.0 Å². The van der Waals surface area contributed by atoms with Gasteiger partial charge in [0, 0.05) is 38.2 Å². The molecule has 1 aromatic heterocycles. The van der Waals surface area contributed by atoms with E-state index in [9.17, 15) is 9.59 Å². The Labute approximate surface area is 130 Å². The van der Waals surface area contributed by atoms with Gasteiger partial charge in [-0.05, 0) is 27.3 Å². The van der Waals surface area contributed by atoms with E-state index in [1.807, 2.05) is 25.8 Å². The molecule has 2 rings (SSSR count). The molecule has 2 amide bonds. The molecule has 0 radical (unpaired) electrons. The zero-order valence-corrected chi connectivity index (χ0v) is 13.5. The fraction of sp³-hybridized carbons (Fsp3) is 0.667. The van der Waals surface area contributed by atoms with Crippen LogP contribution in [0.2, 0.25) is 0 Å². The van der Waals surface area contributed by atoms with E-state index in [0.29, 0.717) is 32.5 Å². The first-order valence-corrected chi connectivity index (χ1v) is 7.56. The quantitative estimate of drug-likeness (QED) is 0.851. The van der Waals surface area contributed by atoms with Gasteiger partial charge >= 0.3 is 0 Å². The highest BCUT2D eigenvalue weighted by Crippen LogP contribution is 2.16. The highest BCUT2D eigenvalue weighted by atomic mass is 16.5. The van der Waals surface area contributed by atoms with Crippen LogP contribution in [0.1, 0.15) is 23.4 Å². The molecule has 7 heteroatoms. The van der Waals surface area contributed by atoms with E-state index in [1.165, 1.54) is 0 Å². The number of rotatable bonds is 4. The van der Waals surface area contributed by atoms with E-state index in [2.05, 4.69) is 5.16 Å². The molecule has 1 aliphatic heterocycles. The fourth-order valence-corrected chi connectivity index (χ4v) is 2.83. The van der Waals surface area contributed by atoms with Gasteiger partial charge in [-0.1, -0.05) is 5.16 Å². The Morgan fingerprint density at radius 3 is 2.64 bits per heavy atom. The maximum Gasteiger partial charge on any atom is 0.223 e. The number of aromatic nitrogens is 1. The summed E-state index contributed by atoms with van der Waals surface area (Å²) in [6.07, 6.45) is 0.992. The SMILES string of the molecule is Cc1noc(C)c1CCC(=O)N1CCN(C)C[C@@H](C(N)=O)C1. The molecule has 0 unspecified atom stereocenters. The molecule has 22 heavy (non-hydrogen) atoms. The standard InChI is InChI=1S/C15H24N4O3/c1-10-13(11(2)22-17-10)4-5-14(20)19-7-6-18(3)8-12(9-19)15(16)21/h12H,4-9H2,1-3H3,(H2,16,21)/t12-/m1/s1. The van der Waals surface area contributed by atoms with Crippen molar-refractivity contribution >= 4 is 11.8 Å². The predicted molar refractivity (Wildman–Crippen MR) is 81.1 cm³/mol. The van der Waals surface area contributed by atoms with Crippen LogP contribution in [-0.4, -0.2) is 60.0 Å². The third-order valence-electron chi connectivity index (χ3n) is 4.25. The summed E-state index contributed by atoms with van der Waals surface area (Å²) in [4.78, 5) is 27.7. The summed E-state index contributed by atoms with van der Waals surface area (Å²) in [5.74, 6) is 0.144. The van der Waals surface area contributed by atoms with Crippen LogP contribution < -0.4 is 5.73 Å². The van der Waals surface area contributed by atoms with Gasteiger partial charge in [-0.3, -0.25) is 9.59 Å². The molecule has 0 aliphatic carbocycles. The van der Waals surface area contributed by atoms with Crippen molar-refractivity contribution in [3.8, 4) is 0 Å². The molecule has 7 nitrogen and oxygen atoms in total. The van der Waals surface area contributed by atoms with Gasteiger partial charge in [-0.25, -0.2) is 0 Å². The summed E-state index contributed by atoms with van der Waals surface area (Å²) in [7, 11) is 1.94. The lowest BCUT2D eigenvalue weighted by Crippen LogP contribution is -2.40. The smallest absolute Gasteiger partial charge is 0.223 e. The highest BCUT2D eigenvalue weighted by molar-refractivity contribution is 5.80. The third-order valence-corrected chi connectivity index (χ3v) is 4.25. The number of amides is 2. The van der Waals surface area contributed by atoms with Gasteiger partial charge in [0.1, 0.15) is 5.76 Å². The summed E-state index contributed by atoms with van der Waals surface area (Å²) in [5, 5.41) is 3.90. The lowest BCUT2D eigenvalue weighted by molar-refractivity contribution is -0.132. The average molecular weight is 308 g/mol. The molecular weight excluding hydrogens is 284 g/mol. The Hall–Kier alpha value is -1.89. The number of primary amides is 1. The number of carbonyl (C=O) groups excluding carboxylic acids is 2. The van der Waals surface area contributed by atoms with E-state index in [0.717, 1.165) is 23.6 Å². The number of carbonyl (C=O) groups is 2. The topological polar surface area (TPSA) is 92.7 Å². The number of nitrogens with zero attached hydrogens (tertiary/aromatic N) is 3. The van der Waals surface area contributed by atoms with Crippen LogP contribution in [0.3, 0.4) is 0 Å². The van der Waals surface area contributed by atoms with Crippen LogP contribution in [0.25, 0.3) is 0 Å². The summed E-state index contributed by atoms with van der Waals surface area (Å²) < 4.78 is 5.11. The first-order chi connectivity index (χ1) is 10.4. The van der Waals surface area contributed by atoms with E-state index >= 15 is 0 Å². The molecule has 1 saturated heterocycles. The van der Waals surface area contributed by atoms with E-state index in [1.54, 1.807) is 4.90 Å². The maximum absolute atomic E-state index is 12.4. The van der Waals surface area contributed by atoms with Gasteiger partial charge in [0.05, 0.1) is 11.6 Å². The zero-order valence-electron chi connectivity index (χ0n) is 13.5. The number of nitrogens with two attached hydrogens (primary N) is 1. The number of hydrogen-bond acceptors (Lipinski definition) is 5. The Bertz CT molecular complexity index is 535. The van der Waals surface area contributed by atoms with Gasteiger partial charge in [-0.15, -0.1) is 0 Å². The molecule has 2 N–H and O–H groups in total. The molecule has 2 heterocycles. The van der Waals surface area contributed by atoms with Crippen molar-refractivity contribution in [1.82, 2.24) is 15.0 Å². The first kappa shape index (κ1) is 16.5. The zero-order chi connectivity index (χ0) is 16.3. The normalized spacial score (nSPS) is 20.0. The molecule has 1 fully saturated rings. The van der Waals surface area contributed by atoms with Crippen LogP contribution in [0.15, 0.2) is 4.52 Å². The minimum Gasteiger partial charge on any atom is -0.369 e. The molecule has 0 saturated carbocycles. The molecule has 122 valence electrons. The van der Waals surface area contributed by atoms with Crippen molar-refractivity contribution in [1.29, 1.82) is 0 Å². The summed E-state index contributed by atoms with van der Waals surface area (Å²) in [5.41, 5.74) is 7.25. The summed E-state index contributed by atoms with van der Waals surface area (Å²) >= 11 is 0. The van der Waals surface area contributed by atoms with Gasteiger partial charge in [-0.2, -0.15) is 0 Å². The molecule has 0 bridgehead atoms. The van der Waals surface area contributed by atoms with Crippen LogP contribution in [0.5, 0.6) is 0 Å². The van der Waals surface area contributed by atoms with Crippen LogP contribution in [-0.2, 0) is 16.0 Å². The number of likely N-dealkylation sites (N-methyl/N-ethyl adjacent to an activating group) is 1. The largest absolute Gasteiger partial charge is 0.369 e. The van der Waals surface area contributed by atoms with Gasteiger partial charge in [0.15, 0.2) is 0 Å².